The van der Waals surface area contributed by atoms with Gasteiger partial charge in [0.1, 0.15) is 0 Å². The molecule has 1 aromatic carbocycles. The van der Waals surface area contributed by atoms with Crippen molar-refractivity contribution in [2.75, 3.05) is 20.6 Å². The second-order valence-electron chi connectivity index (χ2n) is 5.77. The zero-order valence-corrected chi connectivity index (χ0v) is 11.9. The van der Waals surface area contributed by atoms with E-state index in [0.717, 1.165) is 25.5 Å². The Bertz CT molecular complexity index is 451. The maximum Gasteiger partial charge on any atom is 0.416 e. The van der Waals surface area contributed by atoms with E-state index in [0.29, 0.717) is 12.1 Å². The number of likely N-dealkylation sites (N-methyl/N-ethyl adjacent to an activating group) is 1. The van der Waals surface area contributed by atoms with Crippen molar-refractivity contribution in [1.29, 1.82) is 0 Å². The highest BCUT2D eigenvalue weighted by Crippen LogP contribution is 2.35. The normalized spacial score (nSPS) is 18.1. The van der Waals surface area contributed by atoms with Crippen LogP contribution in [0.25, 0.3) is 0 Å². The maximum absolute atomic E-state index is 12.6. The summed E-state index contributed by atoms with van der Waals surface area (Å²) >= 11 is 0. The predicted octanol–water partition coefficient (Wildman–Crippen LogP) is 3.28. The second kappa shape index (κ2) is 5.74. The van der Waals surface area contributed by atoms with Gasteiger partial charge >= 0.3 is 6.18 Å². The molecule has 0 aliphatic heterocycles. The molecule has 0 bridgehead atoms. The molecule has 20 heavy (non-hydrogen) atoms. The molecule has 1 aliphatic rings. The summed E-state index contributed by atoms with van der Waals surface area (Å²) in [5, 5.41) is 3.30. The lowest BCUT2D eigenvalue weighted by atomic mass is 9.75. The zero-order valence-electron chi connectivity index (χ0n) is 11.9. The molecule has 0 amide bonds. The number of benzene rings is 1. The molecule has 1 N–H and O–H groups in total. The number of halogens is 3. The Morgan fingerprint density at radius 1 is 1.25 bits per heavy atom. The van der Waals surface area contributed by atoms with E-state index in [-0.39, 0.29) is 5.54 Å². The average molecular weight is 286 g/mol. The van der Waals surface area contributed by atoms with E-state index in [1.165, 1.54) is 18.6 Å². The lowest BCUT2D eigenvalue weighted by Crippen LogP contribution is -2.56. The number of nitrogens with zero attached hydrogens (tertiary/aromatic N) is 1. The van der Waals surface area contributed by atoms with Gasteiger partial charge < -0.3 is 10.2 Å². The maximum atomic E-state index is 12.6. The summed E-state index contributed by atoms with van der Waals surface area (Å²) in [5.41, 5.74) is 0.276. The van der Waals surface area contributed by atoms with Gasteiger partial charge in [-0.15, -0.1) is 0 Å². The van der Waals surface area contributed by atoms with Crippen LogP contribution in [0.5, 0.6) is 0 Å². The lowest BCUT2D eigenvalue weighted by Gasteiger charge is -2.47. The lowest BCUT2D eigenvalue weighted by molar-refractivity contribution is -0.137. The van der Waals surface area contributed by atoms with Gasteiger partial charge in [0.25, 0.3) is 0 Å². The van der Waals surface area contributed by atoms with Crippen LogP contribution < -0.4 is 5.32 Å². The topological polar surface area (TPSA) is 15.3 Å². The van der Waals surface area contributed by atoms with E-state index in [4.69, 9.17) is 0 Å². The van der Waals surface area contributed by atoms with E-state index in [1.54, 1.807) is 6.07 Å². The van der Waals surface area contributed by atoms with Gasteiger partial charge in [-0.2, -0.15) is 13.2 Å². The minimum Gasteiger partial charge on any atom is -0.311 e. The fraction of sp³-hybridized carbons (Fsp3) is 0.600. The summed E-state index contributed by atoms with van der Waals surface area (Å²) in [6.07, 6.45) is -0.747. The van der Waals surface area contributed by atoms with Gasteiger partial charge in [0.2, 0.25) is 0 Å². The Labute approximate surface area is 118 Å². The summed E-state index contributed by atoms with van der Waals surface area (Å²) in [6, 6.07) is 5.52. The van der Waals surface area contributed by atoms with Gasteiger partial charge in [0.15, 0.2) is 0 Å². The first-order valence-corrected chi connectivity index (χ1v) is 6.88. The largest absolute Gasteiger partial charge is 0.416 e. The number of rotatable bonds is 5. The Hall–Kier alpha value is -1.07. The van der Waals surface area contributed by atoms with Crippen molar-refractivity contribution >= 4 is 0 Å². The third-order valence-corrected chi connectivity index (χ3v) is 4.27. The summed E-state index contributed by atoms with van der Waals surface area (Å²) in [5.74, 6) is 0. The third-order valence-electron chi connectivity index (χ3n) is 4.27. The molecule has 2 rings (SSSR count). The molecule has 1 aliphatic carbocycles. The summed E-state index contributed by atoms with van der Waals surface area (Å²) in [4.78, 5) is 2.22. The van der Waals surface area contributed by atoms with Crippen molar-refractivity contribution in [2.24, 2.45) is 0 Å². The molecule has 0 atom stereocenters. The van der Waals surface area contributed by atoms with Crippen LogP contribution in [0.2, 0.25) is 0 Å². The van der Waals surface area contributed by atoms with Gasteiger partial charge in [0, 0.05) is 18.6 Å². The molecule has 1 fully saturated rings. The molecule has 0 heterocycles. The minimum atomic E-state index is -4.27. The zero-order chi connectivity index (χ0) is 14.8. The molecular formula is C15H21F3N2. The molecule has 0 radical (unpaired) electrons. The Morgan fingerprint density at radius 3 is 2.45 bits per heavy atom. The van der Waals surface area contributed by atoms with Crippen LogP contribution in [0, 0.1) is 0 Å². The van der Waals surface area contributed by atoms with Crippen LogP contribution >= 0.6 is 0 Å². The predicted molar refractivity (Wildman–Crippen MR) is 73.4 cm³/mol. The van der Waals surface area contributed by atoms with E-state index in [1.807, 2.05) is 0 Å². The SMILES string of the molecule is CN(C)C1(CNCc2cccc(C(F)(F)F)c2)CCC1. The second-order valence-corrected chi connectivity index (χ2v) is 5.77. The van der Waals surface area contributed by atoms with Gasteiger partial charge in [-0.1, -0.05) is 18.2 Å². The summed E-state index contributed by atoms with van der Waals surface area (Å²) < 4.78 is 37.9. The van der Waals surface area contributed by atoms with Gasteiger partial charge in [-0.3, -0.25) is 0 Å². The van der Waals surface area contributed by atoms with Crippen molar-refractivity contribution in [1.82, 2.24) is 10.2 Å². The molecule has 0 aromatic heterocycles. The molecule has 1 aromatic rings. The van der Waals surface area contributed by atoms with E-state index < -0.39 is 11.7 Å². The van der Waals surface area contributed by atoms with Crippen LogP contribution in [0.4, 0.5) is 13.2 Å². The molecule has 0 spiro atoms. The average Bonchev–Trinajstić information content (AvgIpc) is 2.31. The van der Waals surface area contributed by atoms with E-state index >= 15 is 0 Å². The molecule has 2 nitrogen and oxygen atoms in total. The highest BCUT2D eigenvalue weighted by atomic mass is 19.4. The molecule has 0 unspecified atom stereocenters. The molecule has 5 heteroatoms. The van der Waals surface area contributed by atoms with Crippen LogP contribution in [0.15, 0.2) is 24.3 Å². The first-order valence-electron chi connectivity index (χ1n) is 6.88. The van der Waals surface area contributed by atoms with Crippen LogP contribution in [0.3, 0.4) is 0 Å². The van der Waals surface area contributed by atoms with Crippen LogP contribution in [-0.2, 0) is 12.7 Å². The highest BCUT2D eigenvalue weighted by molar-refractivity contribution is 5.25. The smallest absolute Gasteiger partial charge is 0.311 e. The molecule has 112 valence electrons. The highest BCUT2D eigenvalue weighted by Gasteiger charge is 2.38. The number of nitrogens with one attached hydrogen (secondary N) is 1. The Kier molecular flexibility index (Phi) is 4.39. The number of alkyl halides is 3. The van der Waals surface area contributed by atoms with Crippen LogP contribution in [0.1, 0.15) is 30.4 Å². The van der Waals surface area contributed by atoms with Gasteiger partial charge in [-0.05, 0) is 45.0 Å². The van der Waals surface area contributed by atoms with Crippen LogP contribution in [-0.4, -0.2) is 31.1 Å². The van der Waals surface area contributed by atoms with Crippen molar-refractivity contribution in [3.63, 3.8) is 0 Å². The number of hydrogen-bond acceptors (Lipinski definition) is 2. The van der Waals surface area contributed by atoms with Crippen molar-refractivity contribution in [3.8, 4) is 0 Å². The van der Waals surface area contributed by atoms with Gasteiger partial charge in [-0.25, -0.2) is 0 Å². The Morgan fingerprint density at radius 2 is 1.95 bits per heavy atom. The monoisotopic (exact) mass is 286 g/mol. The standard InChI is InChI=1S/C15H21F3N2/c1-20(2)14(7-4-8-14)11-19-10-12-5-3-6-13(9-12)15(16,17)18/h3,5-6,9,19H,4,7-8,10-11H2,1-2H3. The van der Waals surface area contributed by atoms with Crippen molar-refractivity contribution in [2.45, 2.75) is 37.5 Å². The number of hydrogen-bond donors (Lipinski definition) is 1. The van der Waals surface area contributed by atoms with Gasteiger partial charge in [0.05, 0.1) is 5.56 Å². The third kappa shape index (κ3) is 3.33. The summed E-state index contributed by atoms with van der Waals surface area (Å²) in [7, 11) is 4.12. The van der Waals surface area contributed by atoms with Crippen molar-refractivity contribution in [3.05, 3.63) is 35.4 Å². The summed E-state index contributed by atoms with van der Waals surface area (Å²) in [6.45, 7) is 1.29. The fourth-order valence-corrected chi connectivity index (χ4v) is 2.66. The minimum absolute atomic E-state index is 0.182. The molecule has 0 saturated heterocycles. The van der Waals surface area contributed by atoms with E-state index in [9.17, 15) is 13.2 Å². The molecule has 1 saturated carbocycles. The fourth-order valence-electron chi connectivity index (χ4n) is 2.66. The Balaban J connectivity index is 1.91. The van der Waals surface area contributed by atoms with Crippen molar-refractivity contribution < 1.29 is 13.2 Å². The first kappa shape index (κ1) is 15.3. The first-order chi connectivity index (χ1) is 9.33. The quantitative estimate of drug-likeness (QED) is 0.893. The molecular weight excluding hydrogens is 265 g/mol. The van der Waals surface area contributed by atoms with E-state index in [2.05, 4.69) is 24.3 Å².